The molecule has 0 radical (unpaired) electrons. The largest absolute Gasteiger partial charge is 0.326 e. The molecule has 0 saturated carbocycles. The molecule has 2 aromatic heterocycles. The zero-order valence-corrected chi connectivity index (χ0v) is 13.7. The van der Waals surface area contributed by atoms with Crippen LogP contribution in [0.15, 0.2) is 28.9 Å². The van der Waals surface area contributed by atoms with Gasteiger partial charge in [-0.3, -0.25) is 4.68 Å². The van der Waals surface area contributed by atoms with Crippen molar-refractivity contribution in [3.63, 3.8) is 0 Å². The van der Waals surface area contributed by atoms with E-state index in [9.17, 15) is 4.39 Å². The van der Waals surface area contributed by atoms with Crippen molar-refractivity contribution >= 4 is 38.6 Å². The molecule has 0 aliphatic rings. The lowest BCUT2D eigenvalue weighted by Crippen LogP contribution is -2.06. The summed E-state index contributed by atoms with van der Waals surface area (Å²) >= 11 is 9.14. The van der Waals surface area contributed by atoms with E-state index in [1.165, 1.54) is 6.07 Å². The maximum atomic E-state index is 13.8. The average Bonchev–Trinajstić information content (AvgIpc) is 3.01. The Morgan fingerprint density at radius 1 is 1.38 bits per heavy atom. The van der Waals surface area contributed by atoms with Gasteiger partial charge in [0, 0.05) is 32.3 Å². The van der Waals surface area contributed by atoms with Crippen molar-refractivity contribution in [2.45, 2.75) is 18.8 Å². The van der Waals surface area contributed by atoms with Crippen LogP contribution in [-0.4, -0.2) is 19.3 Å². The molecule has 7 heteroatoms. The Kier molecular flexibility index (Phi) is 3.99. The predicted octanol–water partition coefficient (Wildman–Crippen LogP) is 3.65. The predicted molar refractivity (Wildman–Crippen MR) is 83.9 cm³/mol. The molecule has 3 rings (SSSR count). The smallest absolute Gasteiger partial charge is 0.139 e. The molecule has 0 fully saturated rings. The van der Waals surface area contributed by atoms with E-state index >= 15 is 0 Å². The van der Waals surface area contributed by atoms with E-state index in [0.29, 0.717) is 11.0 Å². The quantitative estimate of drug-likeness (QED) is 0.656. The minimum absolute atomic E-state index is 0.288. The molecule has 4 nitrogen and oxygen atoms in total. The van der Waals surface area contributed by atoms with Gasteiger partial charge < -0.3 is 4.57 Å². The molecule has 0 saturated heterocycles. The van der Waals surface area contributed by atoms with Crippen LogP contribution in [0.1, 0.15) is 11.5 Å². The van der Waals surface area contributed by atoms with Crippen molar-refractivity contribution in [1.29, 1.82) is 0 Å². The van der Waals surface area contributed by atoms with Crippen molar-refractivity contribution in [2.24, 2.45) is 7.05 Å². The molecule has 3 aromatic rings. The number of rotatable bonds is 4. The highest BCUT2D eigenvalue weighted by atomic mass is 79.9. The number of hydrogen-bond donors (Lipinski definition) is 0. The second kappa shape index (κ2) is 5.77. The number of imidazole rings is 1. The lowest BCUT2D eigenvalue weighted by atomic mass is 10.3. The van der Waals surface area contributed by atoms with Gasteiger partial charge in [0.1, 0.15) is 11.6 Å². The van der Waals surface area contributed by atoms with Crippen LogP contribution in [0.4, 0.5) is 4.39 Å². The second-order valence-electron chi connectivity index (χ2n) is 4.80. The first-order valence-corrected chi connectivity index (χ1v) is 7.80. The molecular formula is C14H13BrClFN4. The molecule has 1 aromatic carbocycles. The van der Waals surface area contributed by atoms with E-state index in [0.717, 1.165) is 29.0 Å². The summed E-state index contributed by atoms with van der Waals surface area (Å²) in [6.45, 7) is 0.663. The summed E-state index contributed by atoms with van der Waals surface area (Å²) in [4.78, 5) is 4.46. The van der Waals surface area contributed by atoms with Gasteiger partial charge in [0.05, 0.1) is 27.1 Å². The summed E-state index contributed by atoms with van der Waals surface area (Å²) < 4.78 is 17.9. The second-order valence-corrected chi connectivity index (χ2v) is 5.92. The van der Waals surface area contributed by atoms with E-state index in [-0.39, 0.29) is 11.7 Å². The fraction of sp³-hybridized carbons (Fsp3) is 0.286. The van der Waals surface area contributed by atoms with Gasteiger partial charge in [0.15, 0.2) is 0 Å². The molecule has 110 valence electrons. The highest BCUT2D eigenvalue weighted by molar-refractivity contribution is 9.10. The standard InChI is InChI=1S/C14H13BrClFN4/c1-20-4-2-9(19-20)3-5-21-13-7-11(17)10(15)6-12(13)18-14(21)8-16/h2,4,6-7H,3,5,8H2,1H3. The van der Waals surface area contributed by atoms with Crippen molar-refractivity contribution < 1.29 is 4.39 Å². The minimum Gasteiger partial charge on any atom is -0.326 e. The first-order valence-electron chi connectivity index (χ1n) is 6.47. The molecule has 0 unspecified atom stereocenters. The SMILES string of the molecule is Cn1ccc(CCn2c(CCl)nc3cc(Br)c(F)cc32)n1. The van der Waals surface area contributed by atoms with Gasteiger partial charge in [0.25, 0.3) is 0 Å². The lowest BCUT2D eigenvalue weighted by molar-refractivity contribution is 0.619. The van der Waals surface area contributed by atoms with Crippen LogP contribution >= 0.6 is 27.5 Å². The van der Waals surface area contributed by atoms with E-state index in [2.05, 4.69) is 26.0 Å². The highest BCUT2D eigenvalue weighted by Crippen LogP contribution is 2.25. The zero-order chi connectivity index (χ0) is 15.0. The normalized spacial score (nSPS) is 11.4. The number of fused-ring (bicyclic) bond motifs is 1. The van der Waals surface area contributed by atoms with Gasteiger partial charge in [-0.15, -0.1) is 11.6 Å². The average molecular weight is 372 g/mol. The van der Waals surface area contributed by atoms with Crippen LogP contribution in [0.3, 0.4) is 0 Å². The molecule has 0 aliphatic heterocycles. The molecule has 0 N–H and O–H groups in total. The fourth-order valence-corrected chi connectivity index (χ4v) is 2.88. The van der Waals surface area contributed by atoms with Gasteiger partial charge in [-0.2, -0.15) is 5.10 Å². The lowest BCUT2D eigenvalue weighted by Gasteiger charge is -2.06. The van der Waals surface area contributed by atoms with Crippen molar-refractivity contribution in [3.05, 3.63) is 46.2 Å². The summed E-state index contributed by atoms with van der Waals surface area (Å²) in [5.41, 5.74) is 2.47. The number of halogens is 3. The minimum atomic E-state index is -0.303. The first-order chi connectivity index (χ1) is 10.1. The van der Waals surface area contributed by atoms with Gasteiger partial charge in [-0.25, -0.2) is 9.37 Å². The molecule has 0 amide bonds. The molecule has 0 spiro atoms. The molecule has 0 atom stereocenters. The van der Waals surface area contributed by atoms with E-state index < -0.39 is 0 Å². The third-order valence-electron chi connectivity index (χ3n) is 3.35. The Morgan fingerprint density at radius 2 is 2.19 bits per heavy atom. The van der Waals surface area contributed by atoms with Crippen molar-refractivity contribution in [1.82, 2.24) is 19.3 Å². The molecule has 2 heterocycles. The van der Waals surface area contributed by atoms with Crippen LogP contribution in [-0.2, 0) is 25.9 Å². The number of nitrogens with zero attached hydrogens (tertiary/aromatic N) is 4. The Morgan fingerprint density at radius 3 is 2.86 bits per heavy atom. The van der Waals surface area contributed by atoms with Gasteiger partial charge in [-0.05, 0) is 28.1 Å². The van der Waals surface area contributed by atoms with Gasteiger partial charge in [0.2, 0.25) is 0 Å². The molecular weight excluding hydrogens is 359 g/mol. The Bertz CT molecular complexity index is 796. The van der Waals surface area contributed by atoms with Crippen LogP contribution in [0.5, 0.6) is 0 Å². The maximum Gasteiger partial charge on any atom is 0.139 e. The monoisotopic (exact) mass is 370 g/mol. The van der Waals surface area contributed by atoms with Crippen molar-refractivity contribution in [2.75, 3.05) is 0 Å². The van der Waals surface area contributed by atoms with E-state index in [4.69, 9.17) is 11.6 Å². The third kappa shape index (κ3) is 2.82. The van der Waals surface area contributed by atoms with Crippen LogP contribution in [0, 0.1) is 5.82 Å². The first kappa shape index (κ1) is 14.5. The molecule has 0 bridgehead atoms. The summed E-state index contributed by atoms with van der Waals surface area (Å²) in [6, 6.07) is 5.13. The summed E-state index contributed by atoms with van der Waals surface area (Å²) in [5, 5.41) is 4.35. The fourth-order valence-electron chi connectivity index (χ4n) is 2.34. The van der Waals surface area contributed by atoms with Crippen LogP contribution < -0.4 is 0 Å². The maximum absolute atomic E-state index is 13.8. The Labute approximate surface area is 134 Å². The molecule has 0 aliphatic carbocycles. The number of aryl methyl sites for hydroxylation is 3. The molecule has 21 heavy (non-hydrogen) atoms. The van der Waals surface area contributed by atoms with Gasteiger partial charge >= 0.3 is 0 Å². The third-order valence-corrected chi connectivity index (χ3v) is 4.20. The van der Waals surface area contributed by atoms with E-state index in [1.54, 1.807) is 10.7 Å². The van der Waals surface area contributed by atoms with Crippen LogP contribution in [0.2, 0.25) is 0 Å². The van der Waals surface area contributed by atoms with E-state index in [1.807, 2.05) is 23.9 Å². The highest BCUT2D eigenvalue weighted by Gasteiger charge is 2.13. The zero-order valence-electron chi connectivity index (χ0n) is 11.4. The van der Waals surface area contributed by atoms with Crippen LogP contribution in [0.25, 0.3) is 11.0 Å². The van der Waals surface area contributed by atoms with Crippen molar-refractivity contribution in [3.8, 4) is 0 Å². The summed E-state index contributed by atoms with van der Waals surface area (Å²) in [5.74, 6) is 0.721. The number of alkyl halides is 1. The Balaban J connectivity index is 1.97. The topological polar surface area (TPSA) is 35.6 Å². The Hall–Kier alpha value is -1.40. The number of benzene rings is 1. The van der Waals surface area contributed by atoms with Gasteiger partial charge in [-0.1, -0.05) is 0 Å². The number of aromatic nitrogens is 4. The summed E-state index contributed by atoms with van der Waals surface area (Å²) in [6.07, 6.45) is 2.65. The summed E-state index contributed by atoms with van der Waals surface area (Å²) in [7, 11) is 1.88. The number of hydrogen-bond acceptors (Lipinski definition) is 2.